The van der Waals surface area contributed by atoms with Gasteiger partial charge in [-0.05, 0) is 109 Å². The molecule has 432 valence electrons. The molecule has 10 heteroatoms. The SMILES string of the molecule is CC/C=C\C/C=C\C/C=C\C/C=C\C/C=C\C/C=C\C/C=C\CCCCCCCCCCCC(=O)OC(COC(=O)CCCCCCCCCC/C=C\C/C=C\C/C=C\C/C=C\CC)COP(=O)(O)OCC[N+](C)(C)C. The first kappa shape index (κ1) is 72.2. The molecular formula is C66H111NO8P+. The molecule has 0 aromatic heterocycles. The van der Waals surface area contributed by atoms with Gasteiger partial charge in [0.1, 0.15) is 19.8 Å². The Bertz CT molecular complexity index is 1740. The number of unbranched alkanes of at least 4 members (excludes halogenated alkanes) is 17. The number of quaternary nitrogens is 1. The number of phosphoric ester groups is 1. The lowest BCUT2D eigenvalue weighted by Crippen LogP contribution is -2.37. The van der Waals surface area contributed by atoms with Gasteiger partial charge in [-0.25, -0.2) is 4.57 Å². The van der Waals surface area contributed by atoms with Crippen LogP contribution in [0.2, 0.25) is 0 Å². The number of likely N-dealkylation sites (N-methyl/N-ethyl adjacent to an activating group) is 1. The summed E-state index contributed by atoms with van der Waals surface area (Å²) in [7, 11) is 1.45. The fourth-order valence-corrected chi connectivity index (χ4v) is 8.37. The highest BCUT2D eigenvalue weighted by molar-refractivity contribution is 7.47. The van der Waals surface area contributed by atoms with Gasteiger partial charge in [0.15, 0.2) is 6.10 Å². The molecule has 0 saturated heterocycles. The lowest BCUT2D eigenvalue weighted by Gasteiger charge is -2.24. The number of carbonyl (C=O) groups excluding carboxylic acids is 2. The van der Waals surface area contributed by atoms with Crippen LogP contribution in [0.25, 0.3) is 0 Å². The molecule has 1 N–H and O–H groups in total. The summed E-state index contributed by atoms with van der Waals surface area (Å²) in [6.07, 6.45) is 80.9. The monoisotopic (exact) mass is 1080 g/mol. The highest BCUT2D eigenvalue weighted by Gasteiger charge is 2.27. The first-order chi connectivity index (χ1) is 37.0. The van der Waals surface area contributed by atoms with Crippen molar-refractivity contribution in [3.63, 3.8) is 0 Å². The summed E-state index contributed by atoms with van der Waals surface area (Å²) >= 11 is 0. The number of hydrogen-bond acceptors (Lipinski definition) is 7. The molecule has 0 bridgehead atoms. The van der Waals surface area contributed by atoms with Gasteiger partial charge in [-0.3, -0.25) is 18.6 Å². The van der Waals surface area contributed by atoms with Gasteiger partial charge in [-0.2, -0.15) is 0 Å². The zero-order chi connectivity index (χ0) is 55.6. The summed E-state index contributed by atoms with van der Waals surface area (Å²) < 4.78 is 34.6. The quantitative estimate of drug-likeness (QED) is 0.0211. The van der Waals surface area contributed by atoms with Crippen LogP contribution in [-0.2, 0) is 32.7 Å². The maximum atomic E-state index is 12.8. The molecule has 9 nitrogen and oxygen atoms in total. The first-order valence-electron chi connectivity index (χ1n) is 29.9. The molecule has 0 aromatic rings. The molecule has 0 aromatic carbocycles. The lowest BCUT2D eigenvalue weighted by atomic mass is 10.1. The number of esters is 2. The molecule has 0 saturated carbocycles. The average Bonchev–Trinajstić information content (AvgIpc) is 3.38. The van der Waals surface area contributed by atoms with Crippen LogP contribution in [0.3, 0.4) is 0 Å². The van der Waals surface area contributed by atoms with Crippen LogP contribution in [0.4, 0.5) is 0 Å². The number of ether oxygens (including phenoxy) is 2. The summed E-state index contributed by atoms with van der Waals surface area (Å²) in [5.74, 6) is -0.822. The third-order valence-corrected chi connectivity index (χ3v) is 13.2. The molecule has 0 spiro atoms. The molecule has 0 aliphatic heterocycles. The predicted molar refractivity (Wildman–Crippen MR) is 325 cm³/mol. The lowest BCUT2D eigenvalue weighted by molar-refractivity contribution is -0.870. The Morgan fingerprint density at radius 2 is 0.711 bits per heavy atom. The van der Waals surface area contributed by atoms with Crippen molar-refractivity contribution in [2.45, 2.75) is 225 Å². The van der Waals surface area contributed by atoms with Gasteiger partial charge in [-0.1, -0.05) is 231 Å². The maximum Gasteiger partial charge on any atom is 0.472 e. The third-order valence-electron chi connectivity index (χ3n) is 12.2. The maximum absolute atomic E-state index is 12.8. The Morgan fingerprint density at radius 1 is 0.408 bits per heavy atom. The molecule has 76 heavy (non-hydrogen) atoms. The van der Waals surface area contributed by atoms with Gasteiger partial charge in [0, 0.05) is 12.8 Å². The van der Waals surface area contributed by atoms with Crippen molar-refractivity contribution < 1.29 is 42.1 Å². The van der Waals surface area contributed by atoms with Crippen LogP contribution in [0, 0.1) is 0 Å². The van der Waals surface area contributed by atoms with Gasteiger partial charge in [0.05, 0.1) is 27.7 Å². The fourth-order valence-electron chi connectivity index (χ4n) is 7.63. The van der Waals surface area contributed by atoms with Crippen LogP contribution in [0.15, 0.2) is 134 Å². The molecule has 2 atom stereocenters. The minimum Gasteiger partial charge on any atom is -0.462 e. The summed E-state index contributed by atoms with van der Waals surface area (Å²) in [5.41, 5.74) is 0. The minimum atomic E-state index is -4.40. The topological polar surface area (TPSA) is 108 Å². The summed E-state index contributed by atoms with van der Waals surface area (Å²) in [4.78, 5) is 35.7. The van der Waals surface area contributed by atoms with E-state index >= 15 is 0 Å². The van der Waals surface area contributed by atoms with E-state index in [1.165, 1.54) is 57.8 Å². The second-order valence-corrected chi connectivity index (χ2v) is 22.1. The zero-order valence-electron chi connectivity index (χ0n) is 48.9. The van der Waals surface area contributed by atoms with Crippen LogP contribution in [-0.4, -0.2) is 74.9 Å². The fraction of sp³-hybridized carbons (Fsp3) is 0.636. The Morgan fingerprint density at radius 3 is 1.05 bits per heavy atom. The van der Waals surface area contributed by atoms with E-state index in [9.17, 15) is 19.0 Å². The first-order valence-corrected chi connectivity index (χ1v) is 31.4. The summed E-state index contributed by atoms with van der Waals surface area (Å²) in [6.45, 7) is 4.18. The van der Waals surface area contributed by atoms with Crippen LogP contribution in [0.1, 0.15) is 219 Å². The van der Waals surface area contributed by atoms with Gasteiger partial charge in [-0.15, -0.1) is 0 Å². The minimum absolute atomic E-state index is 0.0217. The largest absolute Gasteiger partial charge is 0.472 e. The Labute approximate surface area is 466 Å². The van der Waals surface area contributed by atoms with Crippen molar-refractivity contribution in [1.82, 2.24) is 0 Å². The van der Waals surface area contributed by atoms with E-state index in [-0.39, 0.29) is 32.0 Å². The normalized spacial score (nSPS) is 14.2. The van der Waals surface area contributed by atoms with Crippen molar-refractivity contribution in [3.05, 3.63) is 134 Å². The molecule has 0 amide bonds. The number of hydrogen-bond donors (Lipinski definition) is 1. The van der Waals surface area contributed by atoms with Gasteiger partial charge < -0.3 is 18.9 Å². The van der Waals surface area contributed by atoms with Gasteiger partial charge in [0.25, 0.3) is 0 Å². The smallest absolute Gasteiger partial charge is 0.462 e. The van der Waals surface area contributed by atoms with E-state index in [1.54, 1.807) is 0 Å². The third kappa shape index (κ3) is 59.4. The average molecular weight is 1080 g/mol. The number of allylic oxidation sites excluding steroid dienone is 22. The molecule has 2 unspecified atom stereocenters. The van der Waals surface area contributed by atoms with Crippen molar-refractivity contribution >= 4 is 19.8 Å². The molecule has 0 aliphatic carbocycles. The van der Waals surface area contributed by atoms with Crippen molar-refractivity contribution in [2.75, 3.05) is 47.5 Å². The Balaban J connectivity index is 4.21. The molecule has 0 fully saturated rings. The van der Waals surface area contributed by atoms with Crippen molar-refractivity contribution in [2.24, 2.45) is 0 Å². The van der Waals surface area contributed by atoms with Crippen LogP contribution >= 0.6 is 7.82 Å². The second-order valence-electron chi connectivity index (χ2n) is 20.6. The second kappa shape index (κ2) is 55.9. The molecule has 0 aliphatic rings. The van der Waals surface area contributed by atoms with E-state index < -0.39 is 26.5 Å². The number of nitrogens with zero attached hydrogens (tertiary/aromatic N) is 1. The predicted octanol–water partition coefficient (Wildman–Crippen LogP) is 18.9. The van der Waals surface area contributed by atoms with Gasteiger partial charge in [0.2, 0.25) is 0 Å². The number of rotatable bonds is 53. The standard InChI is InChI=1S/C66H110NO8P/c1-6-8-10-12-14-16-18-20-22-24-26-28-29-30-31-32-33-34-35-36-37-39-41-43-45-47-49-51-53-55-57-59-66(69)75-64(63-74-76(70,71)73-61-60-67(3,4)5)62-72-65(68)58-56-54-52-50-48-46-44-42-40-38-27-25-23-21-19-17-15-13-11-9-7-2/h8-11,14-17,20-23,26-28,30-31,33-34,36-38,64H,6-7,12-13,18-19,24-25,29,32,35,39-63H2,1-5H3/p+1/b10-8-,11-9-,16-14-,17-15-,22-20-,23-21-,28-26-,31-30-,34-33-,37-36-,38-27-. The van der Waals surface area contributed by atoms with Crippen molar-refractivity contribution in [3.8, 4) is 0 Å². The van der Waals surface area contributed by atoms with E-state index in [1.807, 2.05) is 21.1 Å². The molecule has 0 rings (SSSR count). The highest BCUT2D eigenvalue weighted by Crippen LogP contribution is 2.43. The van der Waals surface area contributed by atoms with Crippen molar-refractivity contribution in [1.29, 1.82) is 0 Å². The highest BCUT2D eigenvalue weighted by atomic mass is 31.2. The molecule has 0 heterocycles. The van der Waals surface area contributed by atoms with E-state index in [0.717, 1.165) is 128 Å². The van der Waals surface area contributed by atoms with E-state index in [4.69, 9.17) is 18.5 Å². The van der Waals surface area contributed by atoms with E-state index in [2.05, 4.69) is 148 Å². The van der Waals surface area contributed by atoms with Crippen LogP contribution in [0.5, 0.6) is 0 Å². The van der Waals surface area contributed by atoms with Crippen LogP contribution < -0.4 is 0 Å². The van der Waals surface area contributed by atoms with Gasteiger partial charge >= 0.3 is 19.8 Å². The Hall–Kier alpha value is -3.85. The number of phosphoric acid groups is 1. The Kier molecular flexibility index (Phi) is 53.1. The van der Waals surface area contributed by atoms with E-state index in [0.29, 0.717) is 17.4 Å². The summed E-state index contributed by atoms with van der Waals surface area (Å²) in [5, 5.41) is 0. The summed E-state index contributed by atoms with van der Waals surface area (Å²) in [6, 6.07) is 0. The molecular weight excluding hydrogens is 966 g/mol. The molecule has 0 radical (unpaired) electrons. The number of carbonyl (C=O) groups is 2. The zero-order valence-corrected chi connectivity index (χ0v) is 49.8.